The standard InChI is InChI=1S/C19H20F2N6O3.C10H12F2N6O4/c1-3-19(10-23-26-22)11(2)14(21)17(30-19)27-9-13(20)15(25-18(27)29)24-16(28)12-7-5-4-6-8-12;11-4-1-18(9(21)16-7(4)13)8-5(12)6(20)10(3-19,22-8)2-15-17-14/h4-9,11,14,17H,3,10H2,1-2H3,(H,24,25,28,29);1,5-6,8,19-20H,2-3H2,(H2,13,16,21)/t11-,14+,17?,19-;5-,6+,8-,10-/m01/s1. The Bertz CT molecular complexity index is 2000. The number of amides is 1. The summed E-state index contributed by atoms with van der Waals surface area (Å²) in [7, 11) is 0. The second-order valence-corrected chi connectivity index (χ2v) is 11.7. The van der Waals surface area contributed by atoms with Crippen LogP contribution in [0.3, 0.4) is 0 Å². The van der Waals surface area contributed by atoms with Crippen molar-refractivity contribution in [1.29, 1.82) is 0 Å². The van der Waals surface area contributed by atoms with Gasteiger partial charge in [0.15, 0.2) is 48.1 Å². The number of aliphatic hydroxyl groups is 2. The second-order valence-electron chi connectivity index (χ2n) is 11.7. The smallest absolute Gasteiger partial charge is 0.351 e. The molecule has 5 N–H and O–H groups in total. The van der Waals surface area contributed by atoms with E-state index < -0.39 is 102 Å². The number of hydrogen-bond donors (Lipinski definition) is 4. The Morgan fingerprint density at radius 1 is 0.981 bits per heavy atom. The summed E-state index contributed by atoms with van der Waals surface area (Å²) in [6.07, 6.45) is -7.31. The fourth-order valence-electron chi connectivity index (χ4n) is 5.63. The predicted octanol–water partition coefficient (Wildman–Crippen LogP) is 2.83. The molecule has 2 aromatic heterocycles. The molecular weight excluding hydrogens is 704 g/mol. The first-order valence-corrected chi connectivity index (χ1v) is 15.3. The van der Waals surface area contributed by atoms with Gasteiger partial charge in [0.2, 0.25) is 0 Å². The molecule has 1 amide bonds. The van der Waals surface area contributed by atoms with E-state index in [0.29, 0.717) is 21.8 Å². The van der Waals surface area contributed by atoms with Crippen molar-refractivity contribution in [2.45, 2.75) is 62.4 Å². The summed E-state index contributed by atoms with van der Waals surface area (Å²) in [5, 5.41) is 28.1. The highest BCUT2D eigenvalue weighted by molar-refractivity contribution is 6.03. The molecule has 0 spiro atoms. The Kier molecular flexibility index (Phi) is 12.2. The number of nitrogens with two attached hydrogens (primary N) is 1. The highest BCUT2D eigenvalue weighted by Gasteiger charge is 2.56. The van der Waals surface area contributed by atoms with Gasteiger partial charge in [-0.05, 0) is 29.6 Å². The third-order valence-corrected chi connectivity index (χ3v) is 8.73. The van der Waals surface area contributed by atoms with E-state index in [2.05, 4.69) is 35.3 Å². The first-order chi connectivity index (χ1) is 24.7. The molecule has 1 aromatic carbocycles. The van der Waals surface area contributed by atoms with Crippen LogP contribution < -0.4 is 22.4 Å². The minimum atomic E-state index is -2.19. The number of nitrogen functional groups attached to an aromatic ring is 1. The molecule has 0 bridgehead atoms. The number of benzene rings is 1. The van der Waals surface area contributed by atoms with Gasteiger partial charge >= 0.3 is 11.4 Å². The van der Waals surface area contributed by atoms with Gasteiger partial charge in [0, 0.05) is 21.3 Å². The zero-order valence-electron chi connectivity index (χ0n) is 27.3. The van der Waals surface area contributed by atoms with Crippen LogP contribution in [0.25, 0.3) is 20.9 Å². The van der Waals surface area contributed by atoms with Crippen LogP contribution in [-0.2, 0) is 9.47 Å². The van der Waals surface area contributed by atoms with Crippen LogP contribution in [0.4, 0.5) is 29.2 Å². The van der Waals surface area contributed by atoms with Gasteiger partial charge in [-0.25, -0.2) is 27.2 Å². The van der Waals surface area contributed by atoms with Crippen molar-refractivity contribution in [1.82, 2.24) is 19.1 Å². The molecule has 52 heavy (non-hydrogen) atoms. The van der Waals surface area contributed by atoms with Gasteiger partial charge in [0.1, 0.15) is 11.7 Å². The van der Waals surface area contributed by atoms with Gasteiger partial charge in [0.05, 0.1) is 37.7 Å². The van der Waals surface area contributed by atoms with Gasteiger partial charge in [-0.15, -0.1) is 0 Å². The van der Waals surface area contributed by atoms with Crippen LogP contribution in [0.5, 0.6) is 0 Å². The van der Waals surface area contributed by atoms with Crippen LogP contribution in [0.15, 0.2) is 62.5 Å². The van der Waals surface area contributed by atoms with Crippen molar-refractivity contribution in [3.05, 3.63) is 102 Å². The number of anilines is 2. The highest BCUT2D eigenvalue weighted by Crippen LogP contribution is 2.45. The van der Waals surface area contributed by atoms with Crippen molar-refractivity contribution in [3.63, 3.8) is 0 Å². The lowest BCUT2D eigenvalue weighted by molar-refractivity contribution is -0.122. The first-order valence-electron chi connectivity index (χ1n) is 15.3. The van der Waals surface area contributed by atoms with E-state index in [1.807, 2.05) is 0 Å². The Morgan fingerprint density at radius 3 is 2.10 bits per heavy atom. The first kappa shape index (κ1) is 39.2. The molecule has 5 rings (SSSR count). The minimum absolute atomic E-state index is 0.131. The number of aliphatic hydroxyl groups excluding tert-OH is 2. The van der Waals surface area contributed by atoms with E-state index in [9.17, 15) is 42.2 Å². The Hall–Kier alpha value is -5.57. The third kappa shape index (κ3) is 7.68. The molecular formula is C29H32F4N12O7. The van der Waals surface area contributed by atoms with Crippen molar-refractivity contribution < 1.29 is 42.0 Å². The summed E-state index contributed by atoms with van der Waals surface area (Å²) < 4.78 is 69.3. The molecule has 278 valence electrons. The number of ether oxygens (including phenoxy) is 2. The highest BCUT2D eigenvalue weighted by atomic mass is 19.1. The lowest BCUT2D eigenvalue weighted by Crippen LogP contribution is -2.48. The number of carbonyl (C=O) groups excluding carboxylic acids is 1. The molecule has 0 saturated carbocycles. The summed E-state index contributed by atoms with van der Waals surface area (Å²) in [6, 6.07) is 8.01. The molecule has 0 aliphatic carbocycles. The molecule has 8 atom stereocenters. The predicted molar refractivity (Wildman–Crippen MR) is 172 cm³/mol. The molecule has 4 heterocycles. The average Bonchev–Trinajstić information content (AvgIpc) is 3.54. The van der Waals surface area contributed by atoms with Crippen LogP contribution in [0.2, 0.25) is 0 Å². The van der Waals surface area contributed by atoms with Crippen molar-refractivity contribution in [3.8, 4) is 0 Å². The normalized spacial score (nSPS) is 27.8. The Morgan fingerprint density at radius 2 is 1.52 bits per heavy atom. The van der Waals surface area contributed by atoms with E-state index in [-0.39, 0.29) is 12.1 Å². The number of nitrogens with zero attached hydrogens (tertiary/aromatic N) is 10. The number of aromatic nitrogens is 4. The topological polar surface area (TPSA) is 281 Å². The number of alkyl halides is 2. The quantitative estimate of drug-likeness (QED) is 0.102. The monoisotopic (exact) mass is 736 g/mol. The average molecular weight is 737 g/mol. The van der Waals surface area contributed by atoms with Gasteiger partial charge in [-0.1, -0.05) is 42.3 Å². The molecule has 2 fully saturated rings. The number of rotatable bonds is 10. The van der Waals surface area contributed by atoms with Crippen molar-refractivity contribution in [2.24, 2.45) is 16.1 Å². The third-order valence-electron chi connectivity index (χ3n) is 8.73. The zero-order chi connectivity index (χ0) is 38.4. The van der Waals surface area contributed by atoms with Crippen molar-refractivity contribution >= 4 is 17.5 Å². The molecule has 19 nitrogen and oxygen atoms in total. The minimum Gasteiger partial charge on any atom is -0.393 e. The van der Waals surface area contributed by atoms with Gasteiger partial charge in [-0.3, -0.25) is 13.9 Å². The molecule has 2 aliphatic rings. The van der Waals surface area contributed by atoms with E-state index in [0.717, 1.165) is 6.20 Å². The molecule has 2 aliphatic heterocycles. The SMILES string of the molecule is CC[C@@]1(CN=[N+]=[N-])OC(n2cc(F)c(NC(=O)c3ccccc3)nc2=O)[C@H](F)[C@@H]1C.[N-]=[N+]=NC[C@]1(CO)O[C@@H](n2cc(F)c(N)nc2=O)[C@H](F)[C@@H]1O. The van der Waals surface area contributed by atoms with Gasteiger partial charge < -0.3 is 30.7 Å². The van der Waals surface area contributed by atoms with E-state index in [1.54, 1.807) is 32.0 Å². The van der Waals surface area contributed by atoms with Crippen LogP contribution in [-0.4, -0.2) is 84.6 Å². The van der Waals surface area contributed by atoms with E-state index >= 15 is 0 Å². The maximum absolute atomic E-state index is 15.0. The summed E-state index contributed by atoms with van der Waals surface area (Å²) in [4.78, 5) is 48.2. The number of halogens is 4. The molecule has 3 aromatic rings. The Labute approximate surface area is 289 Å². The Balaban J connectivity index is 0.000000244. The van der Waals surface area contributed by atoms with Gasteiger partial charge in [-0.2, -0.15) is 9.97 Å². The maximum atomic E-state index is 15.0. The summed E-state index contributed by atoms with van der Waals surface area (Å²) in [6.45, 7) is 1.71. The number of azide groups is 2. The second kappa shape index (κ2) is 16.2. The van der Waals surface area contributed by atoms with Crippen LogP contribution in [0, 0.1) is 17.6 Å². The van der Waals surface area contributed by atoms with Crippen LogP contribution in [0.1, 0.15) is 43.1 Å². The van der Waals surface area contributed by atoms with Crippen LogP contribution >= 0.6 is 0 Å². The summed E-state index contributed by atoms with van der Waals surface area (Å²) in [5.41, 5.74) is 17.1. The zero-order valence-corrected chi connectivity index (χ0v) is 27.3. The molecule has 2 saturated heterocycles. The number of hydrogen-bond acceptors (Lipinski definition) is 12. The van der Waals surface area contributed by atoms with E-state index in [1.165, 1.54) is 12.1 Å². The maximum Gasteiger partial charge on any atom is 0.351 e. The van der Waals surface area contributed by atoms with Gasteiger partial charge in [0.25, 0.3) is 5.91 Å². The molecule has 1 unspecified atom stereocenters. The summed E-state index contributed by atoms with van der Waals surface area (Å²) >= 11 is 0. The van der Waals surface area contributed by atoms with E-state index in [4.69, 9.17) is 26.3 Å². The largest absolute Gasteiger partial charge is 0.393 e. The fraction of sp³-hybridized carbons (Fsp3) is 0.483. The molecule has 0 radical (unpaired) electrons. The lowest BCUT2D eigenvalue weighted by atomic mass is 9.85. The fourth-order valence-corrected chi connectivity index (χ4v) is 5.63. The van der Waals surface area contributed by atoms with Crippen molar-refractivity contribution in [2.75, 3.05) is 30.7 Å². The number of carbonyl (C=O) groups is 1. The number of nitrogens with one attached hydrogen (secondary N) is 1. The lowest BCUT2D eigenvalue weighted by Gasteiger charge is -2.30. The molecule has 23 heteroatoms. The summed E-state index contributed by atoms with van der Waals surface area (Å²) in [5.74, 6) is -4.70.